The van der Waals surface area contributed by atoms with E-state index in [2.05, 4.69) is 5.32 Å². The molecule has 5 nitrogen and oxygen atoms in total. The van der Waals surface area contributed by atoms with Crippen LogP contribution in [0.3, 0.4) is 0 Å². The standard InChI is InChI=1S/C9H10N2O3.ClH/c12-9-2-1-6(11(13)14)5-7(9)8-3-4-10-8;/h1-2,5,8,10,12H,3-4H2;1H/t8-;/m1./s1. The summed E-state index contributed by atoms with van der Waals surface area (Å²) in [6, 6.07) is 4.16. The molecule has 1 aromatic rings. The van der Waals surface area contributed by atoms with Gasteiger partial charge in [0, 0.05) is 23.7 Å². The van der Waals surface area contributed by atoms with Gasteiger partial charge in [-0.25, -0.2) is 0 Å². The lowest BCUT2D eigenvalue weighted by molar-refractivity contribution is -0.385. The second kappa shape index (κ2) is 4.46. The van der Waals surface area contributed by atoms with Crippen LogP contribution in [-0.2, 0) is 0 Å². The highest BCUT2D eigenvalue weighted by atomic mass is 35.5. The number of nitro benzene ring substituents is 1. The van der Waals surface area contributed by atoms with Crippen LogP contribution in [0.15, 0.2) is 18.2 Å². The van der Waals surface area contributed by atoms with Gasteiger partial charge in [0.05, 0.1) is 4.92 Å². The van der Waals surface area contributed by atoms with Crippen LogP contribution >= 0.6 is 12.4 Å². The molecule has 0 spiro atoms. The van der Waals surface area contributed by atoms with Gasteiger partial charge in [0.2, 0.25) is 0 Å². The fourth-order valence-electron chi connectivity index (χ4n) is 1.49. The van der Waals surface area contributed by atoms with E-state index in [0.29, 0.717) is 5.56 Å². The molecule has 0 aromatic heterocycles. The van der Waals surface area contributed by atoms with Gasteiger partial charge < -0.3 is 10.4 Å². The summed E-state index contributed by atoms with van der Waals surface area (Å²) in [5, 5.41) is 23.1. The van der Waals surface area contributed by atoms with Crippen LogP contribution in [0, 0.1) is 10.1 Å². The zero-order chi connectivity index (χ0) is 10.1. The van der Waals surface area contributed by atoms with E-state index < -0.39 is 4.92 Å². The van der Waals surface area contributed by atoms with Gasteiger partial charge in [-0.3, -0.25) is 10.1 Å². The van der Waals surface area contributed by atoms with Crippen LogP contribution in [0.2, 0.25) is 0 Å². The average molecular weight is 231 g/mol. The normalized spacial score (nSPS) is 18.8. The summed E-state index contributed by atoms with van der Waals surface area (Å²) in [7, 11) is 0. The second-order valence-corrected chi connectivity index (χ2v) is 3.30. The van der Waals surface area contributed by atoms with Crippen molar-refractivity contribution in [2.45, 2.75) is 12.5 Å². The van der Waals surface area contributed by atoms with Crippen molar-refractivity contribution in [1.29, 1.82) is 0 Å². The number of benzene rings is 1. The van der Waals surface area contributed by atoms with Crippen molar-refractivity contribution >= 4 is 18.1 Å². The molecule has 0 saturated carbocycles. The van der Waals surface area contributed by atoms with Crippen molar-refractivity contribution in [3.05, 3.63) is 33.9 Å². The van der Waals surface area contributed by atoms with Gasteiger partial charge in [-0.05, 0) is 19.0 Å². The summed E-state index contributed by atoms with van der Waals surface area (Å²) in [5.74, 6) is 0.118. The van der Waals surface area contributed by atoms with E-state index in [1.807, 2.05) is 0 Å². The molecule has 0 unspecified atom stereocenters. The number of nitrogens with one attached hydrogen (secondary N) is 1. The van der Waals surface area contributed by atoms with Gasteiger partial charge in [0.15, 0.2) is 0 Å². The van der Waals surface area contributed by atoms with Gasteiger partial charge in [-0.2, -0.15) is 0 Å². The Balaban J connectivity index is 0.00000112. The van der Waals surface area contributed by atoms with Crippen molar-refractivity contribution in [1.82, 2.24) is 5.32 Å². The summed E-state index contributed by atoms with van der Waals surface area (Å²) in [5.41, 5.74) is 0.636. The van der Waals surface area contributed by atoms with E-state index in [-0.39, 0.29) is 29.9 Å². The number of aromatic hydroxyl groups is 1. The fraction of sp³-hybridized carbons (Fsp3) is 0.333. The predicted molar refractivity (Wildman–Crippen MR) is 57.4 cm³/mol. The van der Waals surface area contributed by atoms with E-state index in [1.165, 1.54) is 18.2 Å². The SMILES string of the molecule is Cl.O=[N+]([O-])c1ccc(O)c([C@H]2CCN2)c1. The van der Waals surface area contributed by atoms with Crippen LogP contribution in [0.1, 0.15) is 18.0 Å². The Labute approximate surface area is 92.7 Å². The fourth-order valence-corrected chi connectivity index (χ4v) is 1.49. The summed E-state index contributed by atoms with van der Waals surface area (Å²) in [6.07, 6.45) is 0.911. The molecule has 6 heteroatoms. The molecule has 2 N–H and O–H groups in total. The summed E-state index contributed by atoms with van der Waals surface area (Å²) >= 11 is 0. The first-order valence-electron chi connectivity index (χ1n) is 4.39. The smallest absolute Gasteiger partial charge is 0.270 e. The molecule has 1 aliphatic rings. The Hall–Kier alpha value is -1.33. The Morgan fingerprint density at radius 3 is 2.67 bits per heavy atom. The lowest BCUT2D eigenvalue weighted by atomic mass is 9.97. The van der Waals surface area contributed by atoms with Crippen molar-refractivity contribution in [3.8, 4) is 5.75 Å². The number of hydrogen-bond acceptors (Lipinski definition) is 4. The van der Waals surface area contributed by atoms with E-state index in [1.54, 1.807) is 0 Å². The first kappa shape index (κ1) is 11.7. The van der Waals surface area contributed by atoms with Gasteiger partial charge >= 0.3 is 0 Å². The van der Waals surface area contributed by atoms with Gasteiger partial charge in [-0.1, -0.05) is 0 Å². The summed E-state index contributed by atoms with van der Waals surface area (Å²) in [6.45, 7) is 0.896. The number of nitro groups is 1. The molecule has 0 aliphatic carbocycles. The molecular formula is C9H11ClN2O3. The van der Waals surface area contributed by atoms with Gasteiger partial charge in [-0.15, -0.1) is 12.4 Å². The number of nitrogens with zero attached hydrogens (tertiary/aromatic N) is 1. The second-order valence-electron chi connectivity index (χ2n) is 3.30. The van der Waals surface area contributed by atoms with Crippen molar-refractivity contribution in [2.75, 3.05) is 6.54 Å². The van der Waals surface area contributed by atoms with Crippen molar-refractivity contribution in [3.63, 3.8) is 0 Å². The molecule has 15 heavy (non-hydrogen) atoms. The third-order valence-corrected chi connectivity index (χ3v) is 2.42. The molecule has 2 rings (SSSR count). The maximum atomic E-state index is 10.5. The van der Waals surface area contributed by atoms with E-state index in [4.69, 9.17) is 0 Å². The van der Waals surface area contributed by atoms with Crippen LogP contribution in [0.25, 0.3) is 0 Å². The number of non-ortho nitro benzene ring substituents is 1. The summed E-state index contributed by atoms with van der Waals surface area (Å²) in [4.78, 5) is 10.0. The predicted octanol–water partition coefficient (Wildman–Crippen LogP) is 1.76. The quantitative estimate of drug-likeness (QED) is 0.600. The minimum Gasteiger partial charge on any atom is -0.508 e. The zero-order valence-electron chi connectivity index (χ0n) is 7.84. The monoisotopic (exact) mass is 230 g/mol. The Kier molecular flexibility index (Phi) is 3.49. The van der Waals surface area contributed by atoms with Gasteiger partial charge in [0.25, 0.3) is 5.69 Å². The topological polar surface area (TPSA) is 75.4 Å². The van der Waals surface area contributed by atoms with Crippen LogP contribution < -0.4 is 5.32 Å². The number of hydrogen-bond donors (Lipinski definition) is 2. The Bertz CT molecular complexity index is 380. The number of phenolic OH excluding ortho intramolecular Hbond substituents is 1. The number of halogens is 1. The molecule has 1 fully saturated rings. The van der Waals surface area contributed by atoms with Crippen molar-refractivity contribution in [2.24, 2.45) is 0 Å². The molecule has 82 valence electrons. The minimum absolute atomic E-state index is 0. The molecule has 0 amide bonds. The third-order valence-electron chi connectivity index (χ3n) is 2.42. The van der Waals surface area contributed by atoms with E-state index in [9.17, 15) is 15.2 Å². The molecule has 1 heterocycles. The first-order valence-corrected chi connectivity index (χ1v) is 4.39. The highest BCUT2D eigenvalue weighted by Gasteiger charge is 2.23. The van der Waals surface area contributed by atoms with Crippen LogP contribution in [0.4, 0.5) is 5.69 Å². The maximum absolute atomic E-state index is 10.5. The molecule has 1 aromatic carbocycles. The molecule has 0 bridgehead atoms. The lowest BCUT2D eigenvalue weighted by Gasteiger charge is -2.28. The highest BCUT2D eigenvalue weighted by Crippen LogP contribution is 2.32. The molecular weight excluding hydrogens is 220 g/mol. The molecule has 1 aliphatic heterocycles. The molecule has 1 atom stereocenters. The number of rotatable bonds is 2. The maximum Gasteiger partial charge on any atom is 0.270 e. The van der Waals surface area contributed by atoms with E-state index >= 15 is 0 Å². The highest BCUT2D eigenvalue weighted by molar-refractivity contribution is 5.85. The summed E-state index contributed by atoms with van der Waals surface area (Å²) < 4.78 is 0. The van der Waals surface area contributed by atoms with Crippen LogP contribution in [-0.4, -0.2) is 16.6 Å². The number of phenols is 1. The van der Waals surface area contributed by atoms with Gasteiger partial charge in [0.1, 0.15) is 5.75 Å². The van der Waals surface area contributed by atoms with Crippen LogP contribution in [0.5, 0.6) is 5.75 Å². The Morgan fingerprint density at radius 1 is 1.53 bits per heavy atom. The zero-order valence-corrected chi connectivity index (χ0v) is 8.66. The molecule has 1 saturated heterocycles. The van der Waals surface area contributed by atoms with E-state index in [0.717, 1.165) is 13.0 Å². The average Bonchev–Trinajstić information content (AvgIpc) is 2.05. The largest absolute Gasteiger partial charge is 0.508 e. The first-order chi connectivity index (χ1) is 6.68. The molecule has 0 radical (unpaired) electrons. The van der Waals surface area contributed by atoms with Crippen molar-refractivity contribution < 1.29 is 10.0 Å². The minimum atomic E-state index is -0.457. The lowest BCUT2D eigenvalue weighted by Crippen LogP contribution is -2.34. The Morgan fingerprint density at radius 2 is 2.20 bits per heavy atom. The third kappa shape index (κ3) is 2.19.